The van der Waals surface area contributed by atoms with E-state index in [1.807, 2.05) is 0 Å². The Labute approximate surface area is 124 Å². The molecule has 0 saturated carbocycles. The molecule has 0 radical (unpaired) electrons. The smallest absolute Gasteiger partial charge is 0.0716 e. The van der Waals surface area contributed by atoms with Crippen LogP contribution >= 0.6 is 0 Å². The molecular formula is C17H30N2O. The van der Waals surface area contributed by atoms with Gasteiger partial charge < -0.3 is 10.5 Å². The summed E-state index contributed by atoms with van der Waals surface area (Å²) < 4.78 is 5.32. The van der Waals surface area contributed by atoms with Crippen molar-refractivity contribution in [3.63, 3.8) is 0 Å². The Kier molecular flexibility index (Phi) is 7.82. The van der Waals surface area contributed by atoms with Crippen molar-refractivity contribution in [3.8, 4) is 0 Å². The molecule has 0 aromatic heterocycles. The number of nitrogens with two attached hydrogens (primary N) is 1. The third kappa shape index (κ3) is 4.58. The molecule has 0 aliphatic carbocycles. The van der Waals surface area contributed by atoms with Crippen LogP contribution in [-0.4, -0.2) is 31.6 Å². The Hall–Kier alpha value is -0.900. The minimum absolute atomic E-state index is 0.278. The molecule has 3 heteroatoms. The van der Waals surface area contributed by atoms with E-state index in [0.29, 0.717) is 19.1 Å². The first-order chi connectivity index (χ1) is 9.67. The fourth-order valence-electron chi connectivity index (χ4n) is 2.63. The first kappa shape index (κ1) is 17.2. The molecule has 3 nitrogen and oxygen atoms in total. The van der Waals surface area contributed by atoms with Crippen molar-refractivity contribution in [3.05, 3.63) is 35.4 Å². The zero-order valence-electron chi connectivity index (χ0n) is 13.4. The summed E-state index contributed by atoms with van der Waals surface area (Å²) in [5, 5.41) is 0. The van der Waals surface area contributed by atoms with Gasteiger partial charge in [-0.25, -0.2) is 0 Å². The predicted molar refractivity (Wildman–Crippen MR) is 85.7 cm³/mol. The molecule has 0 spiro atoms. The van der Waals surface area contributed by atoms with Crippen LogP contribution in [0.1, 0.15) is 44.4 Å². The molecule has 0 heterocycles. The highest BCUT2D eigenvalue weighted by Crippen LogP contribution is 2.25. The first-order valence-corrected chi connectivity index (χ1v) is 7.68. The molecule has 0 aliphatic heterocycles. The van der Waals surface area contributed by atoms with Crippen LogP contribution in [0.15, 0.2) is 24.3 Å². The number of nitrogens with zero attached hydrogens (tertiary/aromatic N) is 1. The Morgan fingerprint density at radius 2 is 1.95 bits per heavy atom. The number of benzene rings is 1. The summed E-state index contributed by atoms with van der Waals surface area (Å²) in [6, 6.07) is 8.76. The zero-order chi connectivity index (χ0) is 15.0. The average Bonchev–Trinajstić information content (AvgIpc) is 2.48. The molecule has 0 fully saturated rings. The van der Waals surface area contributed by atoms with Gasteiger partial charge >= 0.3 is 0 Å². The summed E-state index contributed by atoms with van der Waals surface area (Å²) in [4.78, 5) is 2.49. The lowest BCUT2D eigenvalue weighted by atomic mass is 9.98. The Bertz CT molecular complexity index is 381. The highest BCUT2D eigenvalue weighted by molar-refractivity contribution is 5.30. The third-order valence-corrected chi connectivity index (χ3v) is 4.03. The molecular weight excluding hydrogens is 248 g/mol. The first-order valence-electron chi connectivity index (χ1n) is 7.68. The molecule has 0 amide bonds. The number of likely N-dealkylation sites (N-methyl/N-ethyl adjacent to an activating group) is 1. The van der Waals surface area contributed by atoms with E-state index in [4.69, 9.17) is 10.5 Å². The van der Waals surface area contributed by atoms with Crippen molar-refractivity contribution in [1.82, 2.24) is 4.90 Å². The fourth-order valence-corrected chi connectivity index (χ4v) is 2.63. The van der Waals surface area contributed by atoms with E-state index in [-0.39, 0.29) is 6.04 Å². The van der Waals surface area contributed by atoms with Crippen LogP contribution in [-0.2, 0) is 11.3 Å². The molecule has 1 aromatic carbocycles. The maximum atomic E-state index is 6.08. The minimum atomic E-state index is 0.278. The van der Waals surface area contributed by atoms with Crippen molar-refractivity contribution in [2.24, 2.45) is 11.7 Å². The Morgan fingerprint density at radius 3 is 2.50 bits per heavy atom. The van der Waals surface area contributed by atoms with Crippen LogP contribution in [0.25, 0.3) is 0 Å². The van der Waals surface area contributed by atoms with Crippen LogP contribution < -0.4 is 5.73 Å². The molecule has 1 rings (SSSR count). The van der Waals surface area contributed by atoms with Gasteiger partial charge in [0.2, 0.25) is 0 Å². The summed E-state index contributed by atoms with van der Waals surface area (Å²) in [7, 11) is 1.74. The standard InChI is InChI=1S/C17H30N2O/c1-5-14(3)12-19(6-2)17(11-18)16-10-8-7-9-15(16)13-20-4/h7-10,14,17H,5-6,11-13,18H2,1-4H3. The van der Waals surface area contributed by atoms with Crippen LogP contribution in [0, 0.1) is 5.92 Å². The Balaban J connectivity index is 2.98. The van der Waals surface area contributed by atoms with Crippen molar-refractivity contribution >= 4 is 0 Å². The number of rotatable bonds is 9. The van der Waals surface area contributed by atoms with Gasteiger partial charge in [-0.2, -0.15) is 0 Å². The van der Waals surface area contributed by atoms with Crippen LogP contribution in [0.5, 0.6) is 0 Å². The summed E-state index contributed by atoms with van der Waals surface area (Å²) in [6.07, 6.45) is 1.20. The van der Waals surface area contributed by atoms with Crippen LogP contribution in [0.4, 0.5) is 0 Å². The summed E-state index contributed by atoms with van der Waals surface area (Å²) in [5.74, 6) is 0.693. The number of methoxy groups -OCH3 is 1. The van der Waals surface area contributed by atoms with Gasteiger partial charge in [-0.15, -0.1) is 0 Å². The average molecular weight is 278 g/mol. The Morgan fingerprint density at radius 1 is 1.25 bits per heavy atom. The van der Waals surface area contributed by atoms with Crippen molar-refractivity contribution in [2.45, 2.75) is 39.8 Å². The molecule has 1 aromatic rings. The molecule has 2 N–H and O–H groups in total. The predicted octanol–water partition coefficient (Wildman–Crippen LogP) is 3.20. The summed E-state index contributed by atoms with van der Waals surface area (Å²) in [6.45, 7) is 10.2. The quantitative estimate of drug-likeness (QED) is 0.754. The number of hydrogen-bond donors (Lipinski definition) is 1. The highest BCUT2D eigenvalue weighted by Gasteiger charge is 2.21. The summed E-state index contributed by atoms with van der Waals surface area (Å²) >= 11 is 0. The third-order valence-electron chi connectivity index (χ3n) is 4.03. The van der Waals surface area contributed by atoms with Gasteiger partial charge in [0.05, 0.1) is 6.61 Å². The van der Waals surface area contributed by atoms with Crippen LogP contribution in [0.3, 0.4) is 0 Å². The van der Waals surface area contributed by atoms with E-state index in [1.54, 1.807) is 7.11 Å². The largest absolute Gasteiger partial charge is 0.380 e. The molecule has 0 aliphatic rings. The molecule has 20 heavy (non-hydrogen) atoms. The van der Waals surface area contributed by atoms with Gasteiger partial charge in [-0.3, -0.25) is 4.90 Å². The topological polar surface area (TPSA) is 38.5 Å². The lowest BCUT2D eigenvalue weighted by Gasteiger charge is -2.33. The lowest BCUT2D eigenvalue weighted by Crippen LogP contribution is -2.37. The zero-order valence-corrected chi connectivity index (χ0v) is 13.4. The van der Waals surface area contributed by atoms with Crippen molar-refractivity contribution < 1.29 is 4.74 Å². The second-order valence-corrected chi connectivity index (χ2v) is 5.48. The minimum Gasteiger partial charge on any atom is -0.380 e. The maximum Gasteiger partial charge on any atom is 0.0716 e. The van der Waals surface area contributed by atoms with Crippen molar-refractivity contribution in [2.75, 3.05) is 26.7 Å². The highest BCUT2D eigenvalue weighted by atomic mass is 16.5. The van der Waals surface area contributed by atoms with E-state index >= 15 is 0 Å². The van der Waals surface area contributed by atoms with Crippen LogP contribution in [0.2, 0.25) is 0 Å². The molecule has 2 atom stereocenters. The second-order valence-electron chi connectivity index (χ2n) is 5.48. The molecule has 0 saturated heterocycles. The van der Waals surface area contributed by atoms with E-state index in [0.717, 1.165) is 13.1 Å². The SMILES string of the molecule is CCC(C)CN(CC)C(CN)c1ccccc1COC. The van der Waals surface area contributed by atoms with Crippen molar-refractivity contribution in [1.29, 1.82) is 0 Å². The normalized spacial score (nSPS) is 14.5. The van der Waals surface area contributed by atoms with E-state index in [2.05, 4.69) is 49.9 Å². The molecule has 114 valence electrons. The number of ether oxygens (including phenoxy) is 1. The van der Waals surface area contributed by atoms with Gasteiger partial charge in [-0.1, -0.05) is 51.5 Å². The van der Waals surface area contributed by atoms with Gasteiger partial charge in [0.25, 0.3) is 0 Å². The number of hydrogen-bond acceptors (Lipinski definition) is 3. The van der Waals surface area contributed by atoms with E-state index < -0.39 is 0 Å². The monoisotopic (exact) mass is 278 g/mol. The maximum absolute atomic E-state index is 6.08. The second kappa shape index (κ2) is 9.11. The molecule has 2 unspecified atom stereocenters. The fraction of sp³-hybridized carbons (Fsp3) is 0.647. The molecule has 0 bridgehead atoms. The van der Waals surface area contributed by atoms with Gasteiger partial charge in [0.15, 0.2) is 0 Å². The summed E-state index contributed by atoms with van der Waals surface area (Å²) in [5.41, 5.74) is 8.63. The van der Waals surface area contributed by atoms with Gasteiger partial charge in [-0.05, 0) is 23.6 Å². The lowest BCUT2D eigenvalue weighted by molar-refractivity contribution is 0.167. The van der Waals surface area contributed by atoms with E-state index in [9.17, 15) is 0 Å². The van der Waals surface area contributed by atoms with Gasteiger partial charge in [0, 0.05) is 26.2 Å². The van der Waals surface area contributed by atoms with Gasteiger partial charge in [0.1, 0.15) is 0 Å². The van der Waals surface area contributed by atoms with E-state index in [1.165, 1.54) is 17.5 Å².